The minimum absolute atomic E-state index is 0.0738. The number of unbranched alkanes of at least 4 members (excludes halogenated alkanes) is 52. The highest BCUT2D eigenvalue weighted by molar-refractivity contribution is 5.71. The normalized spacial score (nSPS) is 12.2. The molecular weight excluding hydrogens is 1010 g/mol. The van der Waals surface area contributed by atoms with Gasteiger partial charge in [-0.25, -0.2) is 0 Å². The largest absolute Gasteiger partial charge is 0.462 e. The van der Waals surface area contributed by atoms with Crippen LogP contribution >= 0.6 is 0 Å². The summed E-state index contributed by atoms with van der Waals surface area (Å²) < 4.78 is 17.0. The summed E-state index contributed by atoms with van der Waals surface area (Å²) in [5, 5.41) is 0. The van der Waals surface area contributed by atoms with Crippen molar-refractivity contribution in [3.05, 3.63) is 36.5 Å². The second-order valence-electron chi connectivity index (χ2n) is 25.2. The van der Waals surface area contributed by atoms with Crippen molar-refractivity contribution >= 4 is 17.9 Å². The maximum absolute atomic E-state index is 12.9. The molecule has 0 aromatic rings. The molecule has 0 fully saturated rings. The fourth-order valence-corrected chi connectivity index (χ4v) is 11.4. The predicted molar refractivity (Wildman–Crippen MR) is 358 cm³/mol. The molecule has 0 bridgehead atoms. The molecule has 0 aromatic carbocycles. The van der Waals surface area contributed by atoms with E-state index in [4.69, 9.17) is 14.2 Å². The van der Waals surface area contributed by atoms with Gasteiger partial charge in [0.05, 0.1) is 0 Å². The molecule has 0 saturated carbocycles. The summed E-state index contributed by atoms with van der Waals surface area (Å²) in [5.41, 5.74) is 0. The van der Waals surface area contributed by atoms with Crippen molar-refractivity contribution in [1.29, 1.82) is 0 Å². The lowest BCUT2D eigenvalue weighted by atomic mass is 10.0. The first-order valence-electron chi connectivity index (χ1n) is 37.0. The Morgan fingerprint density at radius 1 is 0.256 bits per heavy atom. The van der Waals surface area contributed by atoms with Crippen molar-refractivity contribution in [2.75, 3.05) is 13.2 Å². The second kappa shape index (κ2) is 71.1. The summed E-state index contributed by atoms with van der Waals surface area (Å²) in [6, 6.07) is 0. The highest BCUT2D eigenvalue weighted by Gasteiger charge is 2.20. The Bertz CT molecular complexity index is 1370. The van der Waals surface area contributed by atoms with Crippen LogP contribution in [0.3, 0.4) is 0 Å². The van der Waals surface area contributed by atoms with Crippen molar-refractivity contribution in [1.82, 2.24) is 0 Å². The predicted octanol–water partition coefficient (Wildman–Crippen LogP) is 25.5. The van der Waals surface area contributed by atoms with Gasteiger partial charge in [0.25, 0.3) is 0 Å². The van der Waals surface area contributed by atoms with E-state index in [2.05, 4.69) is 57.2 Å². The van der Waals surface area contributed by atoms with E-state index in [-0.39, 0.29) is 31.1 Å². The molecule has 0 amide bonds. The van der Waals surface area contributed by atoms with Gasteiger partial charge in [-0.3, -0.25) is 14.4 Å². The van der Waals surface area contributed by atoms with Crippen LogP contribution in [0.1, 0.15) is 412 Å². The van der Waals surface area contributed by atoms with Crippen LogP contribution in [0.2, 0.25) is 0 Å². The fourth-order valence-electron chi connectivity index (χ4n) is 11.4. The Morgan fingerprint density at radius 2 is 0.476 bits per heavy atom. The summed E-state index contributed by atoms with van der Waals surface area (Å²) in [6.07, 6.45) is 89.3. The standard InChI is InChI=1S/C76H142O6/c1-4-7-10-13-16-19-22-25-28-29-30-31-32-33-34-35-36-37-38-39-40-41-42-43-44-45-46-47-49-51-54-57-60-63-66-69-75(78)81-72-73(71-80-74(77)68-65-62-59-56-53-50-27-24-21-18-15-12-9-6-3)82-76(79)70-67-64-61-58-55-52-48-26-23-20-17-14-11-8-5-2/h8,11,17,20,26,48,73H,4-7,9-10,12-16,18-19,21-25,27-47,49-72H2,1-3H3/b11-8-,20-17-,48-26-. The molecule has 482 valence electrons. The third-order valence-electron chi connectivity index (χ3n) is 16.9. The molecule has 0 heterocycles. The van der Waals surface area contributed by atoms with Crippen LogP contribution in [0.15, 0.2) is 36.5 Å². The number of hydrogen-bond donors (Lipinski definition) is 0. The topological polar surface area (TPSA) is 78.9 Å². The molecular formula is C76H142O6. The molecule has 82 heavy (non-hydrogen) atoms. The van der Waals surface area contributed by atoms with E-state index in [1.165, 1.54) is 276 Å². The molecule has 0 spiro atoms. The molecule has 0 N–H and O–H groups in total. The maximum Gasteiger partial charge on any atom is 0.306 e. The second-order valence-corrected chi connectivity index (χ2v) is 25.2. The Morgan fingerprint density at radius 3 is 0.744 bits per heavy atom. The molecule has 0 aliphatic rings. The molecule has 0 saturated heterocycles. The van der Waals surface area contributed by atoms with Gasteiger partial charge in [-0.1, -0.05) is 378 Å². The zero-order valence-electron chi connectivity index (χ0n) is 55.5. The quantitative estimate of drug-likeness (QED) is 0.0261. The number of ether oxygens (including phenoxy) is 3. The van der Waals surface area contributed by atoms with Crippen LogP contribution in [0.4, 0.5) is 0 Å². The summed E-state index contributed by atoms with van der Waals surface area (Å²) in [5.74, 6) is -0.863. The van der Waals surface area contributed by atoms with Gasteiger partial charge in [-0.2, -0.15) is 0 Å². The van der Waals surface area contributed by atoms with Gasteiger partial charge in [-0.05, 0) is 51.4 Å². The SMILES string of the molecule is CC/C=C\C/C=C\C/C=C\CCCCCCCC(=O)OC(COC(=O)CCCCCCCCCCCCCCCC)COC(=O)CCCCCCCCCCCCCCCCCCCCCCCCCCCCCCCCCCCCC. The lowest BCUT2D eigenvalue weighted by Crippen LogP contribution is -2.30. The monoisotopic (exact) mass is 1150 g/mol. The minimum Gasteiger partial charge on any atom is -0.462 e. The summed E-state index contributed by atoms with van der Waals surface area (Å²) in [4.78, 5) is 38.4. The van der Waals surface area contributed by atoms with Crippen molar-refractivity contribution in [2.45, 2.75) is 419 Å². The third kappa shape index (κ3) is 68.4. The van der Waals surface area contributed by atoms with Gasteiger partial charge in [0.15, 0.2) is 6.10 Å². The molecule has 6 nitrogen and oxygen atoms in total. The highest BCUT2D eigenvalue weighted by atomic mass is 16.6. The maximum atomic E-state index is 12.9. The van der Waals surface area contributed by atoms with Gasteiger partial charge in [0.1, 0.15) is 13.2 Å². The molecule has 6 heteroatoms. The molecule has 0 aliphatic carbocycles. The molecule has 1 atom stereocenters. The van der Waals surface area contributed by atoms with E-state index in [0.717, 1.165) is 96.3 Å². The summed E-state index contributed by atoms with van der Waals surface area (Å²) >= 11 is 0. The van der Waals surface area contributed by atoms with Crippen LogP contribution in [0, 0.1) is 0 Å². The minimum atomic E-state index is -0.779. The first-order valence-corrected chi connectivity index (χ1v) is 37.0. The van der Waals surface area contributed by atoms with E-state index in [1.807, 2.05) is 0 Å². The van der Waals surface area contributed by atoms with Crippen LogP contribution in [0.25, 0.3) is 0 Å². The Hall–Kier alpha value is -2.37. The highest BCUT2D eigenvalue weighted by Crippen LogP contribution is 2.19. The average Bonchev–Trinajstić information content (AvgIpc) is 3.47. The number of carbonyl (C=O) groups is 3. The summed E-state index contributed by atoms with van der Waals surface area (Å²) in [6.45, 7) is 6.59. The zero-order chi connectivity index (χ0) is 59.2. The Kier molecular flexibility index (Phi) is 69.1. The van der Waals surface area contributed by atoms with Crippen LogP contribution in [-0.2, 0) is 28.6 Å². The van der Waals surface area contributed by atoms with Gasteiger partial charge in [0, 0.05) is 19.3 Å². The van der Waals surface area contributed by atoms with Gasteiger partial charge >= 0.3 is 17.9 Å². The fraction of sp³-hybridized carbons (Fsp3) is 0.882. The third-order valence-corrected chi connectivity index (χ3v) is 16.9. The average molecular weight is 1150 g/mol. The lowest BCUT2D eigenvalue weighted by Gasteiger charge is -2.18. The number of esters is 3. The Balaban J connectivity index is 4.05. The van der Waals surface area contributed by atoms with E-state index in [0.29, 0.717) is 19.3 Å². The summed E-state index contributed by atoms with van der Waals surface area (Å²) in [7, 11) is 0. The molecule has 1 unspecified atom stereocenters. The molecule has 0 aromatic heterocycles. The van der Waals surface area contributed by atoms with Gasteiger partial charge in [0.2, 0.25) is 0 Å². The first kappa shape index (κ1) is 79.6. The Labute approximate surface area is 512 Å². The van der Waals surface area contributed by atoms with Crippen molar-refractivity contribution in [3.8, 4) is 0 Å². The van der Waals surface area contributed by atoms with E-state index < -0.39 is 6.10 Å². The lowest BCUT2D eigenvalue weighted by molar-refractivity contribution is -0.167. The number of allylic oxidation sites excluding steroid dienone is 6. The van der Waals surface area contributed by atoms with Crippen molar-refractivity contribution < 1.29 is 28.6 Å². The number of rotatable bonds is 69. The van der Waals surface area contributed by atoms with Crippen LogP contribution in [0.5, 0.6) is 0 Å². The first-order chi connectivity index (χ1) is 40.5. The number of hydrogen-bond acceptors (Lipinski definition) is 6. The van der Waals surface area contributed by atoms with Crippen LogP contribution in [-0.4, -0.2) is 37.2 Å². The van der Waals surface area contributed by atoms with E-state index in [1.54, 1.807) is 0 Å². The molecule has 0 aliphatic heterocycles. The van der Waals surface area contributed by atoms with Crippen molar-refractivity contribution in [3.63, 3.8) is 0 Å². The van der Waals surface area contributed by atoms with Gasteiger partial charge in [-0.15, -0.1) is 0 Å². The smallest absolute Gasteiger partial charge is 0.306 e. The van der Waals surface area contributed by atoms with E-state index >= 15 is 0 Å². The zero-order valence-corrected chi connectivity index (χ0v) is 55.5. The molecule has 0 rings (SSSR count). The van der Waals surface area contributed by atoms with Crippen molar-refractivity contribution in [2.24, 2.45) is 0 Å². The van der Waals surface area contributed by atoms with Crippen LogP contribution < -0.4 is 0 Å². The van der Waals surface area contributed by atoms with E-state index in [9.17, 15) is 14.4 Å². The van der Waals surface area contributed by atoms with Gasteiger partial charge < -0.3 is 14.2 Å². The number of carbonyl (C=O) groups excluding carboxylic acids is 3. The molecule has 0 radical (unpaired) electrons.